The Morgan fingerprint density at radius 2 is 2.00 bits per heavy atom. The second-order valence-corrected chi connectivity index (χ2v) is 7.02. The number of nitrogens with one attached hydrogen (secondary N) is 3. The van der Waals surface area contributed by atoms with E-state index in [0.717, 1.165) is 55.0 Å². The number of phenols is 1. The highest BCUT2D eigenvalue weighted by molar-refractivity contribution is 5.65. The van der Waals surface area contributed by atoms with Crippen LogP contribution in [0.2, 0.25) is 0 Å². The molecule has 1 aliphatic rings. The van der Waals surface area contributed by atoms with Crippen LogP contribution in [0.25, 0.3) is 11.3 Å². The lowest BCUT2D eigenvalue weighted by Gasteiger charge is -2.14. The van der Waals surface area contributed by atoms with Crippen LogP contribution in [-0.4, -0.2) is 40.8 Å². The molecule has 0 radical (unpaired) electrons. The standard InChI is InChI=1S/C22H25N5O/c28-20-6-4-16(5-7-20)8-12-24-22-25-13-10-21(27-22)17-2-1-3-18(14-17)26-19-9-11-23-15-19/h1-7,10,13-14,19,23,26,28H,8-9,11-12,15H2,(H,24,25,27). The maximum absolute atomic E-state index is 9.35. The predicted molar refractivity (Wildman–Crippen MR) is 113 cm³/mol. The Bertz CT molecular complexity index is 907. The van der Waals surface area contributed by atoms with Crippen LogP contribution in [0.5, 0.6) is 5.75 Å². The highest BCUT2D eigenvalue weighted by Gasteiger charge is 2.14. The molecule has 3 aromatic rings. The largest absolute Gasteiger partial charge is 0.508 e. The van der Waals surface area contributed by atoms with Gasteiger partial charge in [0.2, 0.25) is 5.95 Å². The van der Waals surface area contributed by atoms with Crippen LogP contribution < -0.4 is 16.0 Å². The second kappa shape index (κ2) is 8.71. The van der Waals surface area contributed by atoms with Crippen LogP contribution >= 0.6 is 0 Å². The summed E-state index contributed by atoms with van der Waals surface area (Å²) < 4.78 is 0. The van der Waals surface area contributed by atoms with Gasteiger partial charge in [0.1, 0.15) is 5.75 Å². The molecule has 1 aliphatic heterocycles. The number of hydrogen-bond acceptors (Lipinski definition) is 6. The van der Waals surface area contributed by atoms with Gasteiger partial charge >= 0.3 is 0 Å². The molecule has 0 bridgehead atoms. The van der Waals surface area contributed by atoms with Gasteiger partial charge in [0, 0.05) is 36.6 Å². The fraction of sp³-hybridized carbons (Fsp3) is 0.273. The summed E-state index contributed by atoms with van der Waals surface area (Å²) in [5, 5.41) is 19.6. The lowest BCUT2D eigenvalue weighted by molar-refractivity contribution is 0.475. The summed E-state index contributed by atoms with van der Waals surface area (Å²) in [5.74, 6) is 0.906. The summed E-state index contributed by atoms with van der Waals surface area (Å²) in [6.07, 6.45) is 3.77. The molecule has 4 rings (SSSR count). The van der Waals surface area contributed by atoms with Crippen molar-refractivity contribution in [3.05, 3.63) is 66.4 Å². The highest BCUT2D eigenvalue weighted by atomic mass is 16.3. The molecule has 6 nitrogen and oxygen atoms in total. The lowest BCUT2D eigenvalue weighted by atomic mass is 10.1. The number of rotatable bonds is 7. The summed E-state index contributed by atoms with van der Waals surface area (Å²) in [7, 11) is 0. The van der Waals surface area contributed by atoms with Gasteiger partial charge in [-0.25, -0.2) is 9.97 Å². The normalized spacial score (nSPS) is 16.1. The molecule has 0 amide bonds. The zero-order chi connectivity index (χ0) is 19.2. The van der Waals surface area contributed by atoms with Crippen LogP contribution in [-0.2, 0) is 6.42 Å². The predicted octanol–water partition coefficient (Wildman–Crippen LogP) is 3.28. The minimum Gasteiger partial charge on any atom is -0.508 e. The molecular weight excluding hydrogens is 350 g/mol. The number of aromatic nitrogens is 2. The number of phenolic OH excluding ortho intramolecular Hbond substituents is 1. The average Bonchev–Trinajstić information content (AvgIpc) is 3.23. The number of nitrogens with zero attached hydrogens (tertiary/aromatic N) is 2. The monoisotopic (exact) mass is 375 g/mol. The molecule has 6 heteroatoms. The SMILES string of the molecule is Oc1ccc(CCNc2nccc(-c3cccc(NC4CCNC4)c3)n2)cc1. The minimum absolute atomic E-state index is 0.286. The molecule has 4 N–H and O–H groups in total. The average molecular weight is 375 g/mol. The third kappa shape index (κ3) is 4.78. The fourth-order valence-corrected chi connectivity index (χ4v) is 3.37. The molecule has 1 fully saturated rings. The van der Waals surface area contributed by atoms with E-state index in [1.54, 1.807) is 18.3 Å². The van der Waals surface area contributed by atoms with Crippen LogP contribution in [0, 0.1) is 0 Å². The van der Waals surface area contributed by atoms with Gasteiger partial charge in [0.25, 0.3) is 0 Å². The van der Waals surface area contributed by atoms with Gasteiger partial charge < -0.3 is 21.1 Å². The molecule has 0 aliphatic carbocycles. The van der Waals surface area contributed by atoms with E-state index < -0.39 is 0 Å². The third-order valence-electron chi connectivity index (χ3n) is 4.88. The van der Waals surface area contributed by atoms with E-state index in [0.29, 0.717) is 12.0 Å². The first-order valence-electron chi connectivity index (χ1n) is 9.69. The van der Waals surface area contributed by atoms with Gasteiger partial charge in [-0.05, 0) is 55.3 Å². The smallest absolute Gasteiger partial charge is 0.223 e. The Hall–Kier alpha value is -3.12. The van der Waals surface area contributed by atoms with Gasteiger partial charge in [0.05, 0.1) is 5.69 Å². The van der Waals surface area contributed by atoms with Gasteiger partial charge in [-0.3, -0.25) is 0 Å². The van der Waals surface area contributed by atoms with E-state index in [1.807, 2.05) is 18.2 Å². The van der Waals surface area contributed by atoms with Gasteiger partial charge in [-0.15, -0.1) is 0 Å². The number of aromatic hydroxyl groups is 1. The maximum Gasteiger partial charge on any atom is 0.223 e. The molecule has 1 atom stereocenters. The van der Waals surface area contributed by atoms with Crippen molar-refractivity contribution in [2.45, 2.75) is 18.9 Å². The molecular formula is C22H25N5O. The Morgan fingerprint density at radius 3 is 2.82 bits per heavy atom. The lowest BCUT2D eigenvalue weighted by Crippen LogP contribution is -2.21. The van der Waals surface area contributed by atoms with Crippen LogP contribution in [0.15, 0.2) is 60.8 Å². The van der Waals surface area contributed by atoms with Crippen molar-refractivity contribution >= 4 is 11.6 Å². The minimum atomic E-state index is 0.286. The van der Waals surface area contributed by atoms with Crippen LogP contribution in [0.3, 0.4) is 0 Å². The molecule has 0 spiro atoms. The summed E-state index contributed by atoms with van der Waals surface area (Å²) in [5.41, 5.74) is 4.24. The highest BCUT2D eigenvalue weighted by Crippen LogP contribution is 2.22. The van der Waals surface area contributed by atoms with Crippen molar-refractivity contribution in [1.82, 2.24) is 15.3 Å². The molecule has 1 saturated heterocycles. The molecule has 0 saturated carbocycles. The van der Waals surface area contributed by atoms with E-state index in [9.17, 15) is 5.11 Å². The van der Waals surface area contributed by atoms with Crippen molar-refractivity contribution in [1.29, 1.82) is 0 Å². The number of anilines is 2. The topological polar surface area (TPSA) is 82.1 Å². The van der Waals surface area contributed by atoms with Crippen molar-refractivity contribution in [2.75, 3.05) is 30.3 Å². The van der Waals surface area contributed by atoms with Gasteiger partial charge in [0.15, 0.2) is 0 Å². The second-order valence-electron chi connectivity index (χ2n) is 7.02. The van der Waals surface area contributed by atoms with Crippen molar-refractivity contribution in [3.8, 4) is 17.0 Å². The van der Waals surface area contributed by atoms with E-state index >= 15 is 0 Å². The van der Waals surface area contributed by atoms with Crippen molar-refractivity contribution < 1.29 is 5.11 Å². The molecule has 1 unspecified atom stereocenters. The molecule has 28 heavy (non-hydrogen) atoms. The molecule has 2 aromatic carbocycles. The first-order valence-corrected chi connectivity index (χ1v) is 9.69. The molecule has 1 aromatic heterocycles. The van der Waals surface area contributed by atoms with Gasteiger partial charge in [-0.1, -0.05) is 24.3 Å². The number of hydrogen-bond donors (Lipinski definition) is 4. The quantitative estimate of drug-likeness (QED) is 0.507. The Morgan fingerprint density at radius 1 is 1.11 bits per heavy atom. The Labute approximate surface area is 165 Å². The first kappa shape index (κ1) is 18.3. The van der Waals surface area contributed by atoms with E-state index in [4.69, 9.17) is 0 Å². The van der Waals surface area contributed by atoms with Crippen LogP contribution in [0.4, 0.5) is 11.6 Å². The Kier molecular flexibility index (Phi) is 5.68. The van der Waals surface area contributed by atoms with Crippen molar-refractivity contribution in [3.63, 3.8) is 0 Å². The van der Waals surface area contributed by atoms with E-state index in [-0.39, 0.29) is 5.75 Å². The summed E-state index contributed by atoms with van der Waals surface area (Å²) in [6.45, 7) is 2.81. The maximum atomic E-state index is 9.35. The van der Waals surface area contributed by atoms with Crippen molar-refractivity contribution in [2.24, 2.45) is 0 Å². The van der Waals surface area contributed by atoms with E-state index in [2.05, 4.69) is 50.2 Å². The first-order chi connectivity index (χ1) is 13.8. The Balaban J connectivity index is 1.39. The summed E-state index contributed by atoms with van der Waals surface area (Å²) in [4.78, 5) is 8.99. The van der Waals surface area contributed by atoms with E-state index in [1.165, 1.54) is 0 Å². The number of benzene rings is 2. The third-order valence-corrected chi connectivity index (χ3v) is 4.88. The summed E-state index contributed by atoms with van der Waals surface area (Å²) >= 11 is 0. The molecule has 2 heterocycles. The zero-order valence-corrected chi connectivity index (χ0v) is 15.7. The van der Waals surface area contributed by atoms with Crippen LogP contribution in [0.1, 0.15) is 12.0 Å². The fourth-order valence-electron chi connectivity index (χ4n) is 3.37. The van der Waals surface area contributed by atoms with Gasteiger partial charge in [-0.2, -0.15) is 0 Å². The zero-order valence-electron chi connectivity index (χ0n) is 15.7. The summed E-state index contributed by atoms with van der Waals surface area (Å²) in [6, 6.07) is 18.0. The molecule has 144 valence electrons.